The molecule has 100 valence electrons. The molecule has 0 N–H and O–H groups in total. The average Bonchev–Trinajstić information content (AvgIpc) is 2.30. The molecule has 1 heteroatoms. The van der Waals surface area contributed by atoms with Crippen molar-refractivity contribution in [3.63, 3.8) is 0 Å². The van der Waals surface area contributed by atoms with Crippen LogP contribution in [0.25, 0.3) is 0 Å². The quantitative estimate of drug-likeness (QED) is 0.553. The maximum atomic E-state index is 2.57. The van der Waals surface area contributed by atoms with Gasteiger partial charge in [-0.05, 0) is 0 Å². The van der Waals surface area contributed by atoms with Gasteiger partial charge in [0.2, 0.25) is 0 Å². The molecule has 2 rings (SSSR count). The zero-order valence-electron chi connectivity index (χ0n) is 12.2. The third kappa shape index (κ3) is 3.76. The summed E-state index contributed by atoms with van der Waals surface area (Å²) >= 11 is -0.664. The van der Waals surface area contributed by atoms with Crippen LogP contribution in [0, 0.1) is 0 Å². The molecule has 0 spiro atoms. The minimum atomic E-state index is -0.664. The monoisotopic (exact) mass is 298 g/mol. The predicted molar refractivity (Wildman–Crippen MR) is 79.1 cm³/mol. The first-order valence-corrected chi connectivity index (χ1v) is 11.0. The second-order valence-electron chi connectivity index (χ2n) is 7.16. The molecule has 0 heterocycles. The molecule has 0 saturated heterocycles. The summed E-state index contributed by atoms with van der Waals surface area (Å²) in [4.78, 5) is 0. The Hall–Kier alpha value is 0.558. The fourth-order valence-corrected chi connectivity index (χ4v) is 13.8. The van der Waals surface area contributed by atoms with Gasteiger partial charge in [-0.15, -0.1) is 0 Å². The second-order valence-corrected chi connectivity index (χ2v) is 14.8. The van der Waals surface area contributed by atoms with E-state index < -0.39 is 14.7 Å². The van der Waals surface area contributed by atoms with E-state index in [4.69, 9.17) is 0 Å². The topological polar surface area (TPSA) is 0 Å². The molecule has 0 aromatic carbocycles. The molecule has 0 nitrogen and oxygen atoms in total. The van der Waals surface area contributed by atoms with Gasteiger partial charge in [0.15, 0.2) is 0 Å². The summed E-state index contributed by atoms with van der Waals surface area (Å²) in [5, 5.41) is 0. The molecule has 0 aliphatic heterocycles. The van der Waals surface area contributed by atoms with Crippen LogP contribution in [-0.4, -0.2) is 14.7 Å². The Morgan fingerprint density at radius 1 is 0.647 bits per heavy atom. The van der Waals surface area contributed by atoms with Gasteiger partial charge in [-0.3, -0.25) is 0 Å². The van der Waals surface area contributed by atoms with Crippen molar-refractivity contribution < 1.29 is 0 Å². The van der Waals surface area contributed by atoms with Crippen LogP contribution in [0.5, 0.6) is 0 Å². The van der Waals surface area contributed by atoms with Crippen molar-refractivity contribution >= 4 is 14.7 Å². The molecule has 17 heavy (non-hydrogen) atoms. The molecule has 0 unspecified atom stereocenters. The number of hydrogen-bond acceptors (Lipinski definition) is 0. The van der Waals surface area contributed by atoms with Crippen LogP contribution in [0.2, 0.25) is 13.6 Å². The van der Waals surface area contributed by atoms with Crippen molar-refractivity contribution in [3.8, 4) is 0 Å². The molecule has 2 fully saturated rings. The van der Waals surface area contributed by atoms with Crippen LogP contribution in [0.3, 0.4) is 0 Å². The van der Waals surface area contributed by atoms with Crippen LogP contribution in [0.15, 0.2) is 0 Å². The van der Waals surface area contributed by atoms with E-state index in [2.05, 4.69) is 20.8 Å². The molecular weight excluding hydrogens is 267 g/mol. The molecule has 0 aromatic heterocycles. The van der Waals surface area contributed by atoms with Gasteiger partial charge in [0.1, 0.15) is 0 Å². The number of hydrogen-bond donors (Lipinski definition) is 0. The van der Waals surface area contributed by atoms with Gasteiger partial charge in [-0.2, -0.15) is 0 Å². The third-order valence-corrected chi connectivity index (χ3v) is 13.4. The van der Waals surface area contributed by atoms with Gasteiger partial charge >= 0.3 is 113 Å². The Bertz CT molecular complexity index is 198. The molecule has 2 aliphatic rings. The molecule has 0 aromatic rings. The zero-order valence-corrected chi connectivity index (χ0v) is 14.0. The average molecular weight is 298 g/mol. The van der Waals surface area contributed by atoms with Gasteiger partial charge in [0.25, 0.3) is 0 Å². The van der Waals surface area contributed by atoms with Crippen molar-refractivity contribution in [1.29, 1.82) is 0 Å². The Balaban J connectivity index is 2.06. The third-order valence-electron chi connectivity index (χ3n) is 4.71. The summed E-state index contributed by atoms with van der Waals surface area (Å²) in [6.45, 7) is 7.70. The number of rotatable bonds is 2. The van der Waals surface area contributed by atoms with E-state index in [1.165, 1.54) is 22.3 Å². The summed E-state index contributed by atoms with van der Waals surface area (Å²) in [6.07, 6.45) is 15.6. The standard InChI is InChI=1S/C16H31As/c1-16(2,3)17(14-10-6-4-7-11-14)15-12-8-5-9-13-15/h14-15H,4-13H2,1-3H3. The van der Waals surface area contributed by atoms with Crippen molar-refractivity contribution in [2.75, 3.05) is 0 Å². The Morgan fingerprint density at radius 3 is 1.29 bits per heavy atom. The van der Waals surface area contributed by atoms with E-state index in [-0.39, 0.29) is 0 Å². The Labute approximate surface area is 113 Å². The molecule has 0 atom stereocenters. The first kappa shape index (κ1) is 14.0. The summed E-state index contributed by atoms with van der Waals surface area (Å²) in [5.74, 6) is 0. The first-order chi connectivity index (χ1) is 8.09. The molecule has 2 aliphatic carbocycles. The molecule has 0 radical (unpaired) electrons. The first-order valence-electron chi connectivity index (χ1n) is 7.87. The van der Waals surface area contributed by atoms with E-state index in [1.54, 1.807) is 51.4 Å². The van der Waals surface area contributed by atoms with Crippen LogP contribution in [0.1, 0.15) is 85.0 Å². The molecule has 2 saturated carbocycles. The summed E-state index contributed by atoms with van der Waals surface area (Å²) in [6, 6.07) is 0. The second kappa shape index (κ2) is 6.14. The Morgan fingerprint density at radius 2 is 1.00 bits per heavy atom. The minimum absolute atomic E-state index is 0.664. The summed E-state index contributed by atoms with van der Waals surface area (Å²) < 4.78 is 3.07. The zero-order chi connectivity index (χ0) is 12.3. The van der Waals surface area contributed by atoms with E-state index in [0.717, 1.165) is 0 Å². The fourth-order valence-electron chi connectivity index (χ4n) is 4.11. The summed E-state index contributed by atoms with van der Waals surface area (Å²) in [7, 11) is 0. The summed E-state index contributed by atoms with van der Waals surface area (Å²) in [5.41, 5.74) is 0. The van der Waals surface area contributed by atoms with Gasteiger partial charge in [-0.1, -0.05) is 0 Å². The van der Waals surface area contributed by atoms with E-state index in [0.29, 0.717) is 4.20 Å². The van der Waals surface area contributed by atoms with E-state index in [1.807, 2.05) is 0 Å². The van der Waals surface area contributed by atoms with Crippen molar-refractivity contribution in [2.45, 2.75) is 98.6 Å². The van der Waals surface area contributed by atoms with Gasteiger partial charge < -0.3 is 0 Å². The molecule has 0 bridgehead atoms. The fraction of sp³-hybridized carbons (Fsp3) is 1.00. The SMILES string of the molecule is CC(C)(C)[As](C1CCCCC1)C1CCCCC1. The van der Waals surface area contributed by atoms with Crippen molar-refractivity contribution in [2.24, 2.45) is 0 Å². The van der Waals surface area contributed by atoms with Crippen LogP contribution in [-0.2, 0) is 0 Å². The maximum absolute atomic E-state index is 2.57. The predicted octanol–water partition coefficient (Wildman–Crippen LogP) is 5.95. The normalized spacial score (nSPS) is 25.4. The van der Waals surface area contributed by atoms with Crippen LogP contribution >= 0.6 is 0 Å². The van der Waals surface area contributed by atoms with Crippen molar-refractivity contribution in [1.82, 2.24) is 0 Å². The van der Waals surface area contributed by atoms with E-state index in [9.17, 15) is 0 Å². The Kier molecular flexibility index (Phi) is 5.05. The van der Waals surface area contributed by atoms with Gasteiger partial charge in [0.05, 0.1) is 0 Å². The van der Waals surface area contributed by atoms with Crippen molar-refractivity contribution in [3.05, 3.63) is 0 Å². The molecule has 0 amide bonds. The van der Waals surface area contributed by atoms with Crippen LogP contribution in [0.4, 0.5) is 0 Å². The van der Waals surface area contributed by atoms with Gasteiger partial charge in [-0.25, -0.2) is 0 Å². The molecular formula is C16H31As. The van der Waals surface area contributed by atoms with Crippen LogP contribution < -0.4 is 0 Å². The van der Waals surface area contributed by atoms with E-state index >= 15 is 0 Å². The van der Waals surface area contributed by atoms with Gasteiger partial charge in [0, 0.05) is 0 Å².